The fourth-order valence-corrected chi connectivity index (χ4v) is 2.72. The van der Waals surface area contributed by atoms with Crippen LogP contribution in [0, 0.1) is 18.6 Å². The summed E-state index contributed by atoms with van der Waals surface area (Å²) < 4.78 is 52.9. The van der Waals surface area contributed by atoms with Gasteiger partial charge in [-0.3, -0.25) is 4.98 Å². The topological polar surface area (TPSA) is 85.1 Å². The molecule has 8 heteroatoms. The van der Waals surface area contributed by atoms with Crippen molar-refractivity contribution in [1.82, 2.24) is 9.71 Å². The number of aromatic nitrogens is 1. The Bertz CT molecular complexity index is 762. The summed E-state index contributed by atoms with van der Waals surface area (Å²) in [5, 5.41) is 0. The zero-order valence-electron chi connectivity index (χ0n) is 11.1. The lowest BCUT2D eigenvalue weighted by Crippen LogP contribution is -2.24. The van der Waals surface area contributed by atoms with Crippen LogP contribution in [0.1, 0.15) is 11.3 Å². The maximum Gasteiger partial charge on any atom is 0.243 e. The molecule has 0 fully saturated rings. The van der Waals surface area contributed by atoms with Gasteiger partial charge in [-0.05, 0) is 24.6 Å². The van der Waals surface area contributed by atoms with Crippen molar-refractivity contribution in [3.8, 4) is 0 Å². The predicted molar refractivity (Wildman–Crippen MR) is 73.8 cm³/mol. The monoisotopic (exact) mass is 313 g/mol. The fraction of sp³-hybridized carbons (Fsp3) is 0.154. The number of benzene rings is 1. The van der Waals surface area contributed by atoms with Gasteiger partial charge in [0, 0.05) is 24.5 Å². The van der Waals surface area contributed by atoms with Crippen molar-refractivity contribution in [1.29, 1.82) is 0 Å². The van der Waals surface area contributed by atoms with E-state index in [1.807, 2.05) is 0 Å². The number of sulfonamides is 1. The minimum absolute atomic E-state index is 0.0632. The number of pyridine rings is 1. The SMILES string of the molecule is Cc1ccc(CNS(=O)(=O)c2cc(N)c(F)cc2F)cn1. The highest BCUT2D eigenvalue weighted by molar-refractivity contribution is 7.89. The number of aryl methyl sites for hydroxylation is 1. The van der Waals surface area contributed by atoms with E-state index in [0.717, 1.165) is 11.8 Å². The number of nitrogens with one attached hydrogen (secondary N) is 1. The number of nitrogens with two attached hydrogens (primary N) is 1. The number of rotatable bonds is 4. The molecule has 0 saturated carbocycles. The number of halogens is 2. The van der Waals surface area contributed by atoms with E-state index < -0.39 is 32.2 Å². The van der Waals surface area contributed by atoms with Gasteiger partial charge in [0.2, 0.25) is 10.0 Å². The largest absolute Gasteiger partial charge is 0.396 e. The van der Waals surface area contributed by atoms with Crippen LogP contribution in [0.2, 0.25) is 0 Å². The van der Waals surface area contributed by atoms with Gasteiger partial charge in [-0.1, -0.05) is 6.07 Å². The van der Waals surface area contributed by atoms with Crippen LogP contribution in [-0.4, -0.2) is 13.4 Å². The third-order valence-corrected chi connectivity index (χ3v) is 4.20. The van der Waals surface area contributed by atoms with Crippen molar-refractivity contribution in [2.45, 2.75) is 18.4 Å². The van der Waals surface area contributed by atoms with Crippen molar-refractivity contribution in [3.05, 3.63) is 53.4 Å². The lowest BCUT2D eigenvalue weighted by atomic mass is 10.2. The van der Waals surface area contributed by atoms with E-state index in [-0.39, 0.29) is 6.54 Å². The van der Waals surface area contributed by atoms with Gasteiger partial charge in [-0.25, -0.2) is 21.9 Å². The highest BCUT2D eigenvalue weighted by Crippen LogP contribution is 2.21. The molecule has 0 unspecified atom stereocenters. The van der Waals surface area contributed by atoms with Gasteiger partial charge in [0.05, 0.1) is 5.69 Å². The first-order chi connectivity index (χ1) is 9.79. The van der Waals surface area contributed by atoms with Crippen LogP contribution in [-0.2, 0) is 16.6 Å². The van der Waals surface area contributed by atoms with E-state index >= 15 is 0 Å². The standard InChI is InChI=1S/C13H13F2N3O2S/c1-8-2-3-9(6-17-8)7-18-21(19,20)13-5-12(16)10(14)4-11(13)15/h2-6,18H,7,16H2,1H3. The molecule has 0 aliphatic carbocycles. The van der Waals surface area contributed by atoms with Gasteiger partial charge in [-0.2, -0.15) is 0 Å². The number of nitrogen functional groups attached to an aromatic ring is 1. The second kappa shape index (κ2) is 5.74. The normalized spacial score (nSPS) is 11.6. The molecule has 5 nitrogen and oxygen atoms in total. The van der Waals surface area contributed by atoms with Crippen LogP contribution in [0.3, 0.4) is 0 Å². The average Bonchev–Trinajstić information content (AvgIpc) is 2.42. The predicted octanol–water partition coefficient (Wildman–Crippen LogP) is 1.73. The van der Waals surface area contributed by atoms with Crippen LogP contribution in [0.15, 0.2) is 35.4 Å². The Labute approximate surface area is 120 Å². The number of hydrogen-bond donors (Lipinski definition) is 2. The molecule has 3 N–H and O–H groups in total. The molecule has 1 aromatic heterocycles. The van der Waals surface area contributed by atoms with E-state index in [2.05, 4.69) is 9.71 Å². The van der Waals surface area contributed by atoms with E-state index in [1.165, 1.54) is 6.20 Å². The van der Waals surface area contributed by atoms with Gasteiger partial charge in [-0.15, -0.1) is 0 Å². The highest BCUT2D eigenvalue weighted by atomic mass is 32.2. The third kappa shape index (κ3) is 3.53. The molecule has 2 rings (SSSR count). The van der Waals surface area contributed by atoms with Crippen molar-refractivity contribution in [3.63, 3.8) is 0 Å². The summed E-state index contributed by atoms with van der Waals surface area (Å²) in [6.45, 7) is 1.73. The Hall–Kier alpha value is -2.06. The second-order valence-electron chi connectivity index (χ2n) is 4.44. The Kier molecular flexibility index (Phi) is 4.19. The minimum Gasteiger partial charge on any atom is -0.396 e. The Morgan fingerprint density at radius 1 is 1.24 bits per heavy atom. The van der Waals surface area contributed by atoms with Crippen LogP contribution < -0.4 is 10.5 Å². The molecule has 2 aromatic rings. The Morgan fingerprint density at radius 3 is 2.57 bits per heavy atom. The smallest absolute Gasteiger partial charge is 0.243 e. The van der Waals surface area contributed by atoms with E-state index in [0.29, 0.717) is 11.6 Å². The molecule has 112 valence electrons. The van der Waals surface area contributed by atoms with Crippen molar-refractivity contribution in [2.75, 3.05) is 5.73 Å². The molecule has 1 heterocycles. The summed E-state index contributed by atoms with van der Waals surface area (Å²) >= 11 is 0. The molecule has 0 aliphatic heterocycles. The molecule has 0 amide bonds. The van der Waals surface area contributed by atoms with Crippen LogP contribution in [0.5, 0.6) is 0 Å². The summed E-state index contributed by atoms with van der Waals surface area (Å²) in [6.07, 6.45) is 1.51. The molecule has 0 saturated heterocycles. The molecule has 0 bridgehead atoms. The maximum absolute atomic E-state index is 13.6. The van der Waals surface area contributed by atoms with Gasteiger partial charge < -0.3 is 5.73 Å². The van der Waals surface area contributed by atoms with Gasteiger partial charge in [0.25, 0.3) is 0 Å². The minimum atomic E-state index is -4.14. The molecule has 0 atom stereocenters. The Balaban J connectivity index is 2.22. The molecule has 21 heavy (non-hydrogen) atoms. The first kappa shape index (κ1) is 15.3. The van der Waals surface area contributed by atoms with E-state index in [1.54, 1.807) is 19.1 Å². The second-order valence-corrected chi connectivity index (χ2v) is 6.17. The average molecular weight is 313 g/mol. The van der Waals surface area contributed by atoms with Gasteiger partial charge in [0.1, 0.15) is 16.5 Å². The van der Waals surface area contributed by atoms with Crippen LogP contribution in [0.25, 0.3) is 0 Å². The molecule has 0 spiro atoms. The summed E-state index contributed by atoms with van der Waals surface area (Å²) in [6, 6.07) is 4.61. The fourth-order valence-electron chi connectivity index (χ4n) is 1.61. The van der Waals surface area contributed by atoms with Crippen molar-refractivity contribution >= 4 is 15.7 Å². The molecular formula is C13H13F2N3O2S. The third-order valence-electron chi connectivity index (χ3n) is 2.78. The quantitative estimate of drug-likeness (QED) is 0.842. The molecule has 1 aromatic carbocycles. The summed E-state index contributed by atoms with van der Waals surface area (Å²) in [7, 11) is -4.14. The van der Waals surface area contributed by atoms with Gasteiger partial charge >= 0.3 is 0 Å². The number of nitrogens with zero attached hydrogens (tertiary/aromatic N) is 1. The summed E-state index contributed by atoms with van der Waals surface area (Å²) in [4.78, 5) is 3.32. The number of hydrogen-bond acceptors (Lipinski definition) is 4. The first-order valence-electron chi connectivity index (χ1n) is 5.95. The molecule has 0 aliphatic rings. The highest BCUT2D eigenvalue weighted by Gasteiger charge is 2.21. The number of anilines is 1. The van der Waals surface area contributed by atoms with Crippen molar-refractivity contribution < 1.29 is 17.2 Å². The summed E-state index contributed by atoms with van der Waals surface area (Å²) in [5.41, 5.74) is 6.23. The lowest BCUT2D eigenvalue weighted by molar-refractivity contribution is 0.544. The van der Waals surface area contributed by atoms with E-state index in [4.69, 9.17) is 5.73 Å². The molecular weight excluding hydrogens is 300 g/mol. The zero-order valence-corrected chi connectivity index (χ0v) is 11.9. The van der Waals surface area contributed by atoms with Gasteiger partial charge in [0.15, 0.2) is 0 Å². The summed E-state index contributed by atoms with van der Waals surface area (Å²) in [5.74, 6) is -2.20. The maximum atomic E-state index is 13.6. The van der Waals surface area contributed by atoms with Crippen LogP contribution in [0.4, 0.5) is 14.5 Å². The Morgan fingerprint density at radius 2 is 1.95 bits per heavy atom. The van der Waals surface area contributed by atoms with E-state index in [9.17, 15) is 17.2 Å². The van der Waals surface area contributed by atoms with Crippen molar-refractivity contribution in [2.24, 2.45) is 0 Å². The first-order valence-corrected chi connectivity index (χ1v) is 7.43. The zero-order chi connectivity index (χ0) is 15.6. The van der Waals surface area contributed by atoms with Crippen LogP contribution >= 0.6 is 0 Å². The molecule has 0 radical (unpaired) electrons. The lowest BCUT2D eigenvalue weighted by Gasteiger charge is -2.09.